The van der Waals surface area contributed by atoms with Crippen molar-refractivity contribution in [2.45, 2.75) is 51.4 Å². The SMILES string of the molecule is Cc1nc(C2CCCN(C(=O)C3CCCC3)C2)ncc1C(=O)N1CCOCC1. The lowest BCUT2D eigenvalue weighted by atomic mass is 9.95. The molecule has 2 amide bonds. The summed E-state index contributed by atoms with van der Waals surface area (Å²) in [6.45, 7) is 5.81. The molecule has 3 heterocycles. The maximum atomic E-state index is 12.8. The largest absolute Gasteiger partial charge is 0.378 e. The van der Waals surface area contributed by atoms with E-state index in [1.165, 1.54) is 12.8 Å². The van der Waals surface area contributed by atoms with Gasteiger partial charge in [-0.1, -0.05) is 12.8 Å². The molecule has 3 aliphatic rings. The van der Waals surface area contributed by atoms with Crippen LogP contribution in [0.3, 0.4) is 0 Å². The molecule has 1 unspecified atom stereocenters. The molecule has 0 radical (unpaired) electrons. The summed E-state index contributed by atoms with van der Waals surface area (Å²) in [5.41, 5.74) is 1.29. The molecule has 3 fully saturated rings. The van der Waals surface area contributed by atoms with E-state index in [-0.39, 0.29) is 17.7 Å². The van der Waals surface area contributed by atoms with Gasteiger partial charge in [-0.25, -0.2) is 9.97 Å². The Kier molecular flexibility index (Phi) is 5.90. The summed E-state index contributed by atoms with van der Waals surface area (Å²) >= 11 is 0. The van der Waals surface area contributed by atoms with Gasteiger partial charge in [0.25, 0.3) is 5.91 Å². The van der Waals surface area contributed by atoms with Crippen LogP contribution in [0.1, 0.15) is 66.3 Å². The van der Waals surface area contributed by atoms with Gasteiger partial charge in [0, 0.05) is 44.2 Å². The zero-order valence-corrected chi connectivity index (χ0v) is 16.7. The number of hydrogen-bond donors (Lipinski definition) is 0. The van der Waals surface area contributed by atoms with E-state index in [0.717, 1.165) is 43.7 Å². The van der Waals surface area contributed by atoms with Crippen LogP contribution in [0.2, 0.25) is 0 Å². The average molecular weight is 386 g/mol. The molecule has 7 heteroatoms. The van der Waals surface area contributed by atoms with Crippen molar-refractivity contribution in [2.75, 3.05) is 39.4 Å². The molecule has 4 rings (SSSR count). The Morgan fingerprint density at radius 1 is 1.04 bits per heavy atom. The molecular formula is C21H30N4O3. The third-order valence-corrected chi connectivity index (χ3v) is 6.33. The lowest BCUT2D eigenvalue weighted by molar-refractivity contribution is -0.136. The highest BCUT2D eigenvalue weighted by molar-refractivity contribution is 5.95. The third-order valence-electron chi connectivity index (χ3n) is 6.33. The fourth-order valence-corrected chi connectivity index (χ4v) is 4.65. The third kappa shape index (κ3) is 4.04. The van der Waals surface area contributed by atoms with Crippen LogP contribution in [0.25, 0.3) is 0 Å². The molecule has 1 atom stereocenters. The van der Waals surface area contributed by atoms with Gasteiger partial charge < -0.3 is 14.5 Å². The summed E-state index contributed by atoms with van der Waals surface area (Å²) in [7, 11) is 0. The first-order chi connectivity index (χ1) is 13.6. The number of aryl methyl sites for hydroxylation is 1. The number of rotatable bonds is 3. The van der Waals surface area contributed by atoms with Crippen molar-refractivity contribution in [2.24, 2.45) is 5.92 Å². The summed E-state index contributed by atoms with van der Waals surface area (Å²) in [6, 6.07) is 0. The van der Waals surface area contributed by atoms with E-state index in [2.05, 4.69) is 9.97 Å². The minimum Gasteiger partial charge on any atom is -0.378 e. The number of aromatic nitrogens is 2. The molecule has 0 N–H and O–H groups in total. The van der Waals surface area contributed by atoms with Crippen LogP contribution in [0.4, 0.5) is 0 Å². The van der Waals surface area contributed by atoms with Crippen LogP contribution in [-0.2, 0) is 9.53 Å². The van der Waals surface area contributed by atoms with E-state index < -0.39 is 0 Å². The summed E-state index contributed by atoms with van der Waals surface area (Å²) in [5, 5.41) is 0. The van der Waals surface area contributed by atoms with Crippen molar-refractivity contribution in [1.29, 1.82) is 0 Å². The first-order valence-corrected chi connectivity index (χ1v) is 10.6. The molecule has 152 valence electrons. The van der Waals surface area contributed by atoms with Crippen molar-refractivity contribution >= 4 is 11.8 Å². The topological polar surface area (TPSA) is 75.6 Å². The second-order valence-electron chi connectivity index (χ2n) is 8.24. The smallest absolute Gasteiger partial charge is 0.257 e. The number of morpholine rings is 1. The Morgan fingerprint density at radius 3 is 2.50 bits per heavy atom. The van der Waals surface area contributed by atoms with Crippen molar-refractivity contribution in [3.05, 3.63) is 23.3 Å². The van der Waals surface area contributed by atoms with E-state index in [1.54, 1.807) is 11.1 Å². The van der Waals surface area contributed by atoms with Crippen LogP contribution < -0.4 is 0 Å². The van der Waals surface area contributed by atoms with E-state index in [1.807, 2.05) is 11.8 Å². The highest BCUT2D eigenvalue weighted by atomic mass is 16.5. The number of ether oxygens (including phenoxy) is 1. The van der Waals surface area contributed by atoms with Gasteiger partial charge in [-0.3, -0.25) is 9.59 Å². The van der Waals surface area contributed by atoms with Crippen LogP contribution in [0.15, 0.2) is 6.20 Å². The van der Waals surface area contributed by atoms with E-state index in [9.17, 15) is 9.59 Å². The zero-order chi connectivity index (χ0) is 19.5. The van der Waals surface area contributed by atoms with Crippen molar-refractivity contribution < 1.29 is 14.3 Å². The summed E-state index contributed by atoms with van der Waals surface area (Å²) < 4.78 is 5.32. The summed E-state index contributed by atoms with van der Waals surface area (Å²) in [6.07, 6.45) is 8.07. The zero-order valence-electron chi connectivity index (χ0n) is 16.7. The minimum atomic E-state index is -0.0194. The fraction of sp³-hybridized carbons (Fsp3) is 0.714. The molecular weight excluding hydrogens is 356 g/mol. The maximum absolute atomic E-state index is 12.8. The van der Waals surface area contributed by atoms with Gasteiger partial charge >= 0.3 is 0 Å². The molecule has 2 saturated heterocycles. The monoisotopic (exact) mass is 386 g/mol. The molecule has 1 aromatic rings. The highest BCUT2D eigenvalue weighted by Gasteiger charge is 2.32. The van der Waals surface area contributed by atoms with Crippen LogP contribution in [0.5, 0.6) is 0 Å². The standard InChI is InChI=1S/C21H30N4O3/c1-15-18(21(27)24-9-11-28-12-10-24)13-22-19(23-15)17-7-4-8-25(14-17)20(26)16-5-2-3-6-16/h13,16-17H,2-12,14H2,1H3. The number of piperidine rings is 1. The van der Waals surface area contributed by atoms with E-state index in [0.29, 0.717) is 44.3 Å². The lowest BCUT2D eigenvalue weighted by Gasteiger charge is -2.34. The van der Waals surface area contributed by atoms with Crippen LogP contribution in [0, 0.1) is 12.8 Å². The van der Waals surface area contributed by atoms with Crippen LogP contribution in [-0.4, -0.2) is 71.0 Å². The van der Waals surface area contributed by atoms with Gasteiger partial charge in [0.05, 0.1) is 24.5 Å². The summed E-state index contributed by atoms with van der Waals surface area (Å²) in [4.78, 5) is 38.6. The molecule has 7 nitrogen and oxygen atoms in total. The molecule has 28 heavy (non-hydrogen) atoms. The molecule has 1 saturated carbocycles. The number of carbonyl (C=O) groups excluding carboxylic acids is 2. The number of amides is 2. The second-order valence-corrected chi connectivity index (χ2v) is 8.24. The van der Waals surface area contributed by atoms with E-state index >= 15 is 0 Å². The van der Waals surface area contributed by atoms with Gasteiger partial charge in [0.2, 0.25) is 5.91 Å². The number of nitrogens with zero attached hydrogens (tertiary/aromatic N) is 4. The fourth-order valence-electron chi connectivity index (χ4n) is 4.65. The molecule has 1 aliphatic carbocycles. The Hall–Kier alpha value is -2.02. The Morgan fingerprint density at radius 2 is 1.79 bits per heavy atom. The van der Waals surface area contributed by atoms with Crippen molar-refractivity contribution in [1.82, 2.24) is 19.8 Å². The maximum Gasteiger partial charge on any atom is 0.257 e. The lowest BCUT2D eigenvalue weighted by Crippen LogP contribution is -2.42. The Labute approximate surface area is 166 Å². The van der Waals surface area contributed by atoms with Gasteiger partial charge in [-0.15, -0.1) is 0 Å². The predicted octanol–water partition coefficient (Wildman–Crippen LogP) is 2.15. The van der Waals surface area contributed by atoms with Crippen molar-refractivity contribution in [3.8, 4) is 0 Å². The van der Waals surface area contributed by atoms with Gasteiger partial charge in [0.1, 0.15) is 5.82 Å². The summed E-state index contributed by atoms with van der Waals surface area (Å²) in [5.74, 6) is 1.44. The number of carbonyl (C=O) groups is 2. The van der Waals surface area contributed by atoms with Crippen molar-refractivity contribution in [3.63, 3.8) is 0 Å². The highest BCUT2D eigenvalue weighted by Crippen LogP contribution is 2.30. The van der Waals surface area contributed by atoms with Gasteiger partial charge in [-0.2, -0.15) is 0 Å². The first-order valence-electron chi connectivity index (χ1n) is 10.6. The van der Waals surface area contributed by atoms with Crippen LogP contribution >= 0.6 is 0 Å². The second kappa shape index (κ2) is 8.55. The first kappa shape index (κ1) is 19.3. The molecule has 0 bridgehead atoms. The average Bonchev–Trinajstić information content (AvgIpc) is 3.28. The van der Waals surface area contributed by atoms with Gasteiger partial charge in [0.15, 0.2) is 0 Å². The molecule has 0 spiro atoms. The quantitative estimate of drug-likeness (QED) is 0.796. The minimum absolute atomic E-state index is 0.0194. The van der Waals surface area contributed by atoms with E-state index in [4.69, 9.17) is 4.74 Å². The number of likely N-dealkylation sites (tertiary alicyclic amines) is 1. The normalized spacial score (nSPS) is 23.8. The molecule has 1 aromatic heterocycles. The Balaban J connectivity index is 1.44. The predicted molar refractivity (Wildman–Crippen MR) is 104 cm³/mol. The van der Waals surface area contributed by atoms with Gasteiger partial charge in [-0.05, 0) is 32.6 Å². The molecule has 0 aromatic carbocycles. The Bertz CT molecular complexity index is 726. The molecule has 2 aliphatic heterocycles. The number of hydrogen-bond acceptors (Lipinski definition) is 5.